The van der Waals surface area contributed by atoms with Gasteiger partial charge in [0, 0.05) is 18.2 Å². The monoisotopic (exact) mass is 543 g/mol. The van der Waals surface area contributed by atoms with E-state index in [1.807, 2.05) is 113 Å². The Morgan fingerprint density at radius 1 is 0.707 bits per heavy atom. The minimum Gasteiger partial charge on any atom is -0.325 e. The van der Waals surface area contributed by atoms with Crippen molar-refractivity contribution in [3.05, 3.63) is 132 Å². The van der Waals surface area contributed by atoms with Gasteiger partial charge < -0.3 is 14.7 Å². The molecule has 1 aliphatic heterocycles. The maximum Gasteiger partial charge on any atom is 0.254 e. The van der Waals surface area contributed by atoms with E-state index in [0.29, 0.717) is 18.7 Å². The molecule has 1 saturated carbocycles. The van der Waals surface area contributed by atoms with E-state index in [4.69, 9.17) is 0 Å². The Morgan fingerprint density at radius 2 is 1.29 bits per heavy atom. The van der Waals surface area contributed by atoms with Gasteiger partial charge in [0.2, 0.25) is 11.8 Å². The van der Waals surface area contributed by atoms with Gasteiger partial charge in [-0.3, -0.25) is 14.4 Å². The van der Waals surface area contributed by atoms with Gasteiger partial charge in [0.15, 0.2) is 0 Å². The first-order valence-corrected chi connectivity index (χ1v) is 14.2. The molecule has 2 atom stereocenters. The van der Waals surface area contributed by atoms with Crippen molar-refractivity contribution in [2.45, 2.75) is 38.4 Å². The van der Waals surface area contributed by atoms with Crippen LogP contribution >= 0.6 is 0 Å². The first kappa shape index (κ1) is 26.5. The van der Waals surface area contributed by atoms with Crippen LogP contribution in [-0.2, 0) is 22.7 Å². The molecule has 41 heavy (non-hydrogen) atoms. The van der Waals surface area contributed by atoms with E-state index in [9.17, 15) is 14.4 Å². The van der Waals surface area contributed by atoms with Crippen LogP contribution < -0.4 is 9.80 Å². The minimum absolute atomic E-state index is 0.0561. The summed E-state index contributed by atoms with van der Waals surface area (Å²) < 4.78 is 0. The number of amides is 3. The molecule has 0 saturated heterocycles. The van der Waals surface area contributed by atoms with Crippen LogP contribution in [-0.4, -0.2) is 35.2 Å². The summed E-state index contributed by atoms with van der Waals surface area (Å²) >= 11 is 0. The van der Waals surface area contributed by atoms with Gasteiger partial charge in [-0.05, 0) is 48.2 Å². The van der Waals surface area contributed by atoms with E-state index in [0.717, 1.165) is 41.8 Å². The van der Waals surface area contributed by atoms with Gasteiger partial charge in [-0.1, -0.05) is 97.4 Å². The maximum absolute atomic E-state index is 14.4. The van der Waals surface area contributed by atoms with Crippen molar-refractivity contribution in [1.29, 1.82) is 0 Å². The number of carbonyl (C=O) groups is 3. The zero-order valence-corrected chi connectivity index (χ0v) is 22.9. The summed E-state index contributed by atoms with van der Waals surface area (Å²) in [6, 6.07) is 36.2. The fourth-order valence-electron chi connectivity index (χ4n) is 6.19. The number of benzene rings is 4. The minimum atomic E-state index is -0.289. The molecule has 1 aliphatic carbocycles. The average molecular weight is 544 g/mol. The number of nitrogens with zero attached hydrogens (tertiary/aromatic N) is 3. The SMILES string of the molecule is O=C(c1ccccc1)N(CC(=O)N1c2ccccc2N(Cc2ccccc2)C(=O)[C@H]2CCC[C@H]21)Cc1ccccc1. The number of rotatable bonds is 7. The highest BCUT2D eigenvalue weighted by Gasteiger charge is 2.45. The highest BCUT2D eigenvalue weighted by atomic mass is 16.2. The summed E-state index contributed by atoms with van der Waals surface area (Å²) in [5, 5.41) is 0. The molecule has 206 valence electrons. The van der Waals surface area contributed by atoms with Crippen LogP contribution in [0.2, 0.25) is 0 Å². The molecular formula is C35H33N3O3. The highest BCUT2D eigenvalue weighted by molar-refractivity contribution is 6.08. The number of carbonyl (C=O) groups excluding carboxylic acids is 3. The summed E-state index contributed by atoms with van der Waals surface area (Å²) in [5.74, 6) is -0.609. The molecule has 0 aromatic heterocycles. The second kappa shape index (κ2) is 11.8. The lowest BCUT2D eigenvalue weighted by Crippen LogP contribution is -2.49. The van der Waals surface area contributed by atoms with Gasteiger partial charge in [0.1, 0.15) is 6.54 Å². The predicted octanol–water partition coefficient (Wildman–Crippen LogP) is 6.08. The van der Waals surface area contributed by atoms with Crippen molar-refractivity contribution >= 4 is 29.1 Å². The van der Waals surface area contributed by atoms with E-state index in [-0.39, 0.29) is 36.2 Å². The lowest BCUT2D eigenvalue weighted by Gasteiger charge is -2.33. The molecule has 3 amide bonds. The summed E-state index contributed by atoms with van der Waals surface area (Å²) in [5.41, 5.74) is 3.97. The Kier molecular flexibility index (Phi) is 7.63. The quantitative estimate of drug-likeness (QED) is 0.284. The van der Waals surface area contributed by atoms with Crippen LogP contribution in [0.3, 0.4) is 0 Å². The van der Waals surface area contributed by atoms with Gasteiger partial charge in [-0.15, -0.1) is 0 Å². The molecule has 6 heteroatoms. The fraction of sp³-hybridized carbons (Fsp3) is 0.229. The smallest absolute Gasteiger partial charge is 0.254 e. The van der Waals surface area contributed by atoms with Crippen LogP contribution in [0.15, 0.2) is 115 Å². The molecule has 1 fully saturated rings. The molecular weight excluding hydrogens is 510 g/mol. The van der Waals surface area contributed by atoms with E-state index >= 15 is 0 Å². The first-order valence-electron chi connectivity index (χ1n) is 14.2. The second-order valence-electron chi connectivity index (χ2n) is 10.8. The topological polar surface area (TPSA) is 60.9 Å². The normalized spacial score (nSPS) is 17.9. The molecule has 0 bridgehead atoms. The van der Waals surface area contributed by atoms with Crippen LogP contribution in [0.25, 0.3) is 0 Å². The Hall–Kier alpha value is -4.71. The number of hydrogen-bond acceptors (Lipinski definition) is 3. The van der Waals surface area contributed by atoms with Crippen molar-refractivity contribution in [2.75, 3.05) is 16.3 Å². The zero-order valence-electron chi connectivity index (χ0n) is 22.9. The van der Waals surface area contributed by atoms with E-state index in [2.05, 4.69) is 0 Å². The lowest BCUT2D eigenvalue weighted by atomic mass is 10.0. The number of para-hydroxylation sites is 2. The largest absolute Gasteiger partial charge is 0.325 e. The first-order chi connectivity index (χ1) is 20.1. The van der Waals surface area contributed by atoms with Crippen molar-refractivity contribution in [2.24, 2.45) is 5.92 Å². The number of anilines is 2. The highest BCUT2D eigenvalue weighted by Crippen LogP contribution is 2.43. The summed E-state index contributed by atoms with van der Waals surface area (Å²) in [6.45, 7) is 0.657. The van der Waals surface area contributed by atoms with E-state index < -0.39 is 0 Å². The van der Waals surface area contributed by atoms with E-state index in [1.54, 1.807) is 17.0 Å². The van der Waals surface area contributed by atoms with E-state index in [1.165, 1.54) is 0 Å². The lowest BCUT2D eigenvalue weighted by molar-refractivity contribution is -0.123. The fourth-order valence-corrected chi connectivity index (χ4v) is 6.19. The Bertz CT molecular complexity index is 1520. The Balaban J connectivity index is 1.36. The van der Waals surface area contributed by atoms with Crippen molar-refractivity contribution < 1.29 is 14.4 Å². The molecule has 0 unspecified atom stereocenters. The van der Waals surface area contributed by atoms with Crippen LogP contribution in [0.4, 0.5) is 11.4 Å². The number of hydrogen-bond donors (Lipinski definition) is 0. The van der Waals surface area contributed by atoms with Crippen molar-refractivity contribution in [3.8, 4) is 0 Å². The molecule has 6 rings (SSSR count). The standard InChI is InChI=1S/C35H33N3O3/c39-33(25-36(23-26-13-4-1-5-14-26)34(40)28-17-8-3-9-18-28)38-30-22-12-19-29(30)35(41)37(24-27-15-6-2-7-16-27)31-20-10-11-21-32(31)38/h1-11,13-18,20-21,29-30H,12,19,22-25H2/t29-,30+/m0/s1. The molecule has 0 N–H and O–H groups in total. The Labute approximate surface area is 240 Å². The molecule has 4 aromatic rings. The molecule has 0 radical (unpaired) electrons. The summed E-state index contributed by atoms with van der Waals surface area (Å²) in [4.78, 5) is 47.4. The van der Waals surface area contributed by atoms with Gasteiger partial charge in [-0.2, -0.15) is 0 Å². The van der Waals surface area contributed by atoms with Crippen LogP contribution in [0.1, 0.15) is 40.7 Å². The average Bonchev–Trinajstić information content (AvgIpc) is 3.47. The van der Waals surface area contributed by atoms with Gasteiger partial charge in [0.05, 0.1) is 23.8 Å². The second-order valence-corrected chi connectivity index (χ2v) is 10.8. The third kappa shape index (κ3) is 5.50. The van der Waals surface area contributed by atoms with Crippen LogP contribution in [0.5, 0.6) is 0 Å². The van der Waals surface area contributed by atoms with Gasteiger partial charge in [-0.25, -0.2) is 0 Å². The zero-order chi connectivity index (χ0) is 28.2. The number of fused-ring (bicyclic) bond motifs is 2. The molecule has 2 aliphatic rings. The molecule has 0 spiro atoms. The predicted molar refractivity (Wildman–Crippen MR) is 160 cm³/mol. The van der Waals surface area contributed by atoms with Crippen LogP contribution in [0, 0.1) is 5.92 Å². The van der Waals surface area contributed by atoms with Crippen molar-refractivity contribution in [1.82, 2.24) is 4.90 Å². The third-order valence-electron chi connectivity index (χ3n) is 8.13. The maximum atomic E-state index is 14.4. The van der Waals surface area contributed by atoms with Gasteiger partial charge in [0.25, 0.3) is 5.91 Å². The van der Waals surface area contributed by atoms with Gasteiger partial charge >= 0.3 is 0 Å². The molecule has 6 nitrogen and oxygen atoms in total. The summed E-state index contributed by atoms with van der Waals surface area (Å²) in [7, 11) is 0. The molecule has 1 heterocycles. The summed E-state index contributed by atoms with van der Waals surface area (Å²) in [6.07, 6.45) is 2.37. The third-order valence-corrected chi connectivity index (χ3v) is 8.13. The molecule has 4 aromatic carbocycles. The van der Waals surface area contributed by atoms with Crippen molar-refractivity contribution in [3.63, 3.8) is 0 Å². The Morgan fingerprint density at radius 3 is 1.98 bits per heavy atom.